The van der Waals surface area contributed by atoms with E-state index >= 15 is 0 Å². The smallest absolute Gasteiger partial charge is 0.0827 e. The molecule has 0 unspecified atom stereocenters. The second-order valence-corrected chi connectivity index (χ2v) is 9.57. The van der Waals surface area contributed by atoms with Crippen LogP contribution < -0.4 is 0 Å². The maximum Gasteiger partial charge on any atom is 0.0827 e. The van der Waals surface area contributed by atoms with Gasteiger partial charge >= 0.3 is 0 Å². The van der Waals surface area contributed by atoms with Gasteiger partial charge in [-0.15, -0.1) is 0 Å². The van der Waals surface area contributed by atoms with Crippen LogP contribution in [0.1, 0.15) is 66.2 Å². The number of hydrogen-bond donors (Lipinski definition) is 3. The Morgan fingerprint density at radius 1 is 1.17 bits per heavy atom. The van der Waals surface area contributed by atoms with Crippen LogP contribution in [0.3, 0.4) is 0 Å². The molecule has 0 aromatic carbocycles. The highest BCUT2D eigenvalue weighted by Gasteiger charge is 2.57. The van der Waals surface area contributed by atoms with Gasteiger partial charge in [-0.25, -0.2) is 0 Å². The van der Waals surface area contributed by atoms with Crippen LogP contribution in [0.15, 0.2) is 11.6 Å². The second kappa shape index (κ2) is 5.57. The van der Waals surface area contributed by atoms with Crippen LogP contribution in [-0.4, -0.2) is 34.1 Å². The molecule has 0 spiro atoms. The first-order valence-corrected chi connectivity index (χ1v) is 9.31. The summed E-state index contributed by atoms with van der Waals surface area (Å²) in [7, 11) is 0. The molecule has 0 heterocycles. The lowest BCUT2D eigenvalue weighted by Gasteiger charge is -2.60. The summed E-state index contributed by atoms with van der Waals surface area (Å²) < 4.78 is 0. The van der Waals surface area contributed by atoms with E-state index in [0.717, 1.165) is 38.5 Å². The lowest BCUT2D eigenvalue weighted by molar-refractivity contribution is -0.125. The number of hydrogen-bond acceptors (Lipinski definition) is 3. The summed E-state index contributed by atoms with van der Waals surface area (Å²) in [6.07, 6.45) is 7.60. The number of aliphatic hydroxyl groups excluding tert-OH is 3. The van der Waals surface area contributed by atoms with E-state index in [1.807, 2.05) is 0 Å². The molecule has 0 radical (unpaired) electrons. The topological polar surface area (TPSA) is 60.7 Å². The molecule has 3 N–H and O–H groups in total. The van der Waals surface area contributed by atoms with E-state index in [9.17, 15) is 15.3 Å². The first-order chi connectivity index (χ1) is 10.6. The van der Waals surface area contributed by atoms with Crippen molar-refractivity contribution >= 4 is 0 Å². The third kappa shape index (κ3) is 2.51. The zero-order chi connectivity index (χ0) is 17.0. The maximum absolute atomic E-state index is 10.5. The Labute approximate surface area is 140 Å². The van der Waals surface area contributed by atoms with Crippen molar-refractivity contribution in [2.75, 3.05) is 6.61 Å². The lowest BCUT2D eigenvalue weighted by atomic mass is 9.45. The van der Waals surface area contributed by atoms with Crippen molar-refractivity contribution in [3.05, 3.63) is 11.6 Å². The first-order valence-electron chi connectivity index (χ1n) is 9.31. The highest BCUT2D eigenvalue weighted by atomic mass is 16.3. The van der Waals surface area contributed by atoms with E-state index in [0.29, 0.717) is 11.8 Å². The molecule has 2 saturated carbocycles. The van der Waals surface area contributed by atoms with Crippen LogP contribution in [0.2, 0.25) is 0 Å². The molecule has 132 valence electrons. The Morgan fingerprint density at radius 3 is 2.52 bits per heavy atom. The van der Waals surface area contributed by atoms with Gasteiger partial charge in [0.1, 0.15) is 0 Å². The van der Waals surface area contributed by atoms with E-state index in [4.69, 9.17) is 0 Å². The molecule has 6 atom stereocenters. The average Bonchev–Trinajstić information content (AvgIpc) is 2.50. The Hall–Kier alpha value is -0.380. The van der Waals surface area contributed by atoms with Gasteiger partial charge in [0.05, 0.1) is 18.8 Å². The highest BCUT2D eigenvalue weighted by molar-refractivity contribution is 5.24. The minimum atomic E-state index is -0.625. The molecule has 0 bridgehead atoms. The number of rotatable bonds is 2. The predicted molar refractivity (Wildman–Crippen MR) is 91.9 cm³/mol. The van der Waals surface area contributed by atoms with Crippen molar-refractivity contribution < 1.29 is 15.3 Å². The number of fused-ring (bicyclic) bond motifs is 3. The molecule has 3 nitrogen and oxygen atoms in total. The van der Waals surface area contributed by atoms with E-state index in [-0.39, 0.29) is 29.0 Å². The SMILES string of the molecule is CC1(C)[C@H](O)CC[C@@]2(C)[C@@H]3CC[C@](C)([C@H](O)CO)CC3=CC[C@H]12. The van der Waals surface area contributed by atoms with Gasteiger partial charge in [0.15, 0.2) is 0 Å². The van der Waals surface area contributed by atoms with Crippen LogP contribution in [0.25, 0.3) is 0 Å². The summed E-state index contributed by atoms with van der Waals surface area (Å²) in [4.78, 5) is 0. The fourth-order valence-corrected chi connectivity index (χ4v) is 6.15. The van der Waals surface area contributed by atoms with Crippen molar-refractivity contribution in [2.45, 2.75) is 78.4 Å². The predicted octanol–water partition coefficient (Wildman–Crippen LogP) is 3.28. The van der Waals surface area contributed by atoms with Crippen LogP contribution in [0.4, 0.5) is 0 Å². The third-order valence-electron chi connectivity index (χ3n) is 7.96. The van der Waals surface area contributed by atoms with Gasteiger partial charge in [0, 0.05) is 0 Å². The van der Waals surface area contributed by atoms with E-state index < -0.39 is 6.10 Å². The standard InChI is InChI=1S/C20H34O3/c1-18(2)15-6-5-13-11-19(3,17(23)12-21)9-7-14(13)20(15,4)10-8-16(18)22/h5,14-17,21-23H,6-12H2,1-4H3/t14-,15-,16-,17-,19+,20+/m1/s1. The molecule has 0 saturated heterocycles. The molecular weight excluding hydrogens is 288 g/mol. The van der Waals surface area contributed by atoms with Gasteiger partial charge in [-0.1, -0.05) is 39.3 Å². The van der Waals surface area contributed by atoms with Crippen molar-refractivity contribution in [3.8, 4) is 0 Å². The Bertz CT molecular complexity index is 497. The molecule has 2 fully saturated rings. The Balaban J connectivity index is 1.90. The molecule has 0 aliphatic heterocycles. The van der Waals surface area contributed by atoms with Crippen LogP contribution >= 0.6 is 0 Å². The molecule has 3 aliphatic carbocycles. The summed E-state index contributed by atoms with van der Waals surface area (Å²) in [6.45, 7) is 8.89. The molecule has 3 rings (SSSR count). The summed E-state index contributed by atoms with van der Waals surface area (Å²) >= 11 is 0. The van der Waals surface area contributed by atoms with E-state index in [2.05, 4.69) is 33.8 Å². The summed E-state index contributed by atoms with van der Waals surface area (Å²) in [5.74, 6) is 1.10. The van der Waals surface area contributed by atoms with Gasteiger partial charge in [-0.05, 0) is 66.6 Å². The third-order valence-corrected chi connectivity index (χ3v) is 7.96. The number of allylic oxidation sites excluding steroid dienone is 2. The molecule has 0 aromatic rings. The lowest BCUT2D eigenvalue weighted by Crippen LogP contribution is -2.55. The molecule has 0 aromatic heterocycles. The van der Waals surface area contributed by atoms with Gasteiger partial charge in [-0.2, -0.15) is 0 Å². The van der Waals surface area contributed by atoms with E-state index in [1.54, 1.807) is 0 Å². The molecule has 23 heavy (non-hydrogen) atoms. The zero-order valence-corrected chi connectivity index (χ0v) is 15.2. The second-order valence-electron chi connectivity index (χ2n) is 9.57. The van der Waals surface area contributed by atoms with Gasteiger partial charge < -0.3 is 15.3 Å². The first kappa shape index (κ1) is 17.4. The van der Waals surface area contributed by atoms with Crippen LogP contribution in [0.5, 0.6) is 0 Å². The summed E-state index contributed by atoms with van der Waals surface area (Å²) in [6, 6.07) is 0. The van der Waals surface area contributed by atoms with Crippen LogP contribution in [-0.2, 0) is 0 Å². The Morgan fingerprint density at radius 2 is 1.87 bits per heavy atom. The minimum Gasteiger partial charge on any atom is -0.394 e. The van der Waals surface area contributed by atoms with Crippen LogP contribution in [0, 0.1) is 28.1 Å². The molecule has 3 aliphatic rings. The van der Waals surface area contributed by atoms with Crippen molar-refractivity contribution in [2.24, 2.45) is 28.1 Å². The maximum atomic E-state index is 10.5. The quantitative estimate of drug-likeness (QED) is 0.684. The normalized spacial score (nSPS) is 47.3. The zero-order valence-electron chi connectivity index (χ0n) is 15.2. The van der Waals surface area contributed by atoms with Gasteiger partial charge in [0.25, 0.3) is 0 Å². The summed E-state index contributed by atoms with van der Waals surface area (Å²) in [5.41, 5.74) is 1.54. The fraction of sp³-hybridized carbons (Fsp3) is 0.900. The average molecular weight is 322 g/mol. The van der Waals surface area contributed by atoms with E-state index in [1.165, 1.54) is 5.57 Å². The summed E-state index contributed by atoms with van der Waals surface area (Å²) in [5, 5.41) is 30.1. The largest absolute Gasteiger partial charge is 0.394 e. The van der Waals surface area contributed by atoms with Crippen molar-refractivity contribution in [1.29, 1.82) is 0 Å². The molecule has 3 heteroatoms. The van der Waals surface area contributed by atoms with Gasteiger partial charge in [0.2, 0.25) is 0 Å². The Kier molecular flexibility index (Phi) is 4.23. The van der Waals surface area contributed by atoms with Gasteiger partial charge in [-0.3, -0.25) is 0 Å². The fourth-order valence-electron chi connectivity index (χ4n) is 6.15. The minimum absolute atomic E-state index is 0.0274. The van der Waals surface area contributed by atoms with Crippen molar-refractivity contribution in [1.82, 2.24) is 0 Å². The number of aliphatic hydroxyl groups is 3. The van der Waals surface area contributed by atoms with Crippen molar-refractivity contribution in [3.63, 3.8) is 0 Å². The monoisotopic (exact) mass is 322 g/mol. The highest BCUT2D eigenvalue weighted by Crippen LogP contribution is 2.63. The molecular formula is C20H34O3. The molecule has 0 amide bonds.